The predicted octanol–water partition coefficient (Wildman–Crippen LogP) is 5.51. The standard InChI is InChI=1S/C18H29NO2/c1-4-6-10-17(14-13-15(3)21-5-2)18(19-20)16-11-8-7-9-12-16/h7-9,11-12,15,17-18H,4-6,10,13-14H2,1-3H3. The maximum Gasteiger partial charge on any atom is 0.120 e. The van der Waals surface area contributed by atoms with Gasteiger partial charge in [0.05, 0.1) is 6.10 Å². The van der Waals surface area contributed by atoms with Crippen LogP contribution in [-0.4, -0.2) is 12.7 Å². The van der Waals surface area contributed by atoms with Gasteiger partial charge in [-0.3, -0.25) is 0 Å². The van der Waals surface area contributed by atoms with Gasteiger partial charge in [0, 0.05) is 6.61 Å². The minimum Gasteiger partial charge on any atom is -0.379 e. The van der Waals surface area contributed by atoms with Crippen molar-refractivity contribution >= 4 is 0 Å². The molecule has 0 N–H and O–H groups in total. The fourth-order valence-corrected chi connectivity index (χ4v) is 2.81. The highest BCUT2D eigenvalue weighted by molar-refractivity contribution is 5.19. The van der Waals surface area contributed by atoms with E-state index in [9.17, 15) is 4.91 Å². The van der Waals surface area contributed by atoms with Crippen molar-refractivity contribution in [3.8, 4) is 0 Å². The third-order valence-electron chi connectivity index (χ3n) is 4.02. The first-order valence-electron chi connectivity index (χ1n) is 8.21. The number of ether oxygens (including phenoxy) is 1. The van der Waals surface area contributed by atoms with Gasteiger partial charge in [0.1, 0.15) is 6.04 Å². The van der Waals surface area contributed by atoms with E-state index in [0.717, 1.165) is 44.3 Å². The lowest BCUT2D eigenvalue weighted by Crippen LogP contribution is -2.15. The molecule has 0 saturated heterocycles. The molecule has 0 fully saturated rings. The minimum absolute atomic E-state index is 0.230. The Balaban J connectivity index is 2.71. The SMILES string of the molecule is CCCCC(CCC(C)OCC)C(N=O)c1ccccc1. The Morgan fingerprint density at radius 2 is 1.81 bits per heavy atom. The highest BCUT2D eigenvalue weighted by Crippen LogP contribution is 2.33. The van der Waals surface area contributed by atoms with Gasteiger partial charge >= 0.3 is 0 Å². The molecule has 1 aromatic rings. The van der Waals surface area contributed by atoms with Gasteiger partial charge in [-0.2, -0.15) is 4.91 Å². The summed E-state index contributed by atoms with van der Waals surface area (Å²) in [5.41, 5.74) is 1.04. The smallest absolute Gasteiger partial charge is 0.120 e. The molecule has 3 unspecified atom stereocenters. The van der Waals surface area contributed by atoms with Crippen LogP contribution in [0.25, 0.3) is 0 Å². The van der Waals surface area contributed by atoms with E-state index in [2.05, 4.69) is 19.0 Å². The van der Waals surface area contributed by atoms with Crippen molar-refractivity contribution < 1.29 is 4.74 Å². The third-order valence-corrected chi connectivity index (χ3v) is 4.02. The minimum atomic E-state index is -0.230. The molecule has 118 valence electrons. The molecule has 0 aromatic heterocycles. The van der Waals surface area contributed by atoms with Gasteiger partial charge < -0.3 is 4.74 Å². The molecule has 0 bridgehead atoms. The Bertz CT molecular complexity index is 380. The predicted molar refractivity (Wildman–Crippen MR) is 88.3 cm³/mol. The van der Waals surface area contributed by atoms with Crippen LogP contribution in [0.1, 0.15) is 64.5 Å². The second-order valence-electron chi connectivity index (χ2n) is 5.71. The summed E-state index contributed by atoms with van der Waals surface area (Å²) < 4.78 is 5.61. The summed E-state index contributed by atoms with van der Waals surface area (Å²) in [5, 5.41) is 3.44. The molecule has 0 aliphatic rings. The van der Waals surface area contributed by atoms with E-state index >= 15 is 0 Å². The lowest BCUT2D eigenvalue weighted by molar-refractivity contribution is 0.0638. The second kappa shape index (κ2) is 10.5. The number of benzene rings is 1. The molecule has 0 amide bonds. The summed E-state index contributed by atoms with van der Waals surface area (Å²) in [6.45, 7) is 7.05. The van der Waals surface area contributed by atoms with Crippen LogP contribution in [0.5, 0.6) is 0 Å². The van der Waals surface area contributed by atoms with E-state index in [1.807, 2.05) is 37.3 Å². The first-order valence-corrected chi connectivity index (χ1v) is 8.21. The molecule has 0 heterocycles. The van der Waals surface area contributed by atoms with E-state index in [-0.39, 0.29) is 12.1 Å². The molecule has 0 aliphatic heterocycles. The lowest BCUT2D eigenvalue weighted by Gasteiger charge is -2.23. The highest BCUT2D eigenvalue weighted by Gasteiger charge is 2.24. The number of hydrogen-bond donors (Lipinski definition) is 0. The zero-order chi connectivity index (χ0) is 15.5. The van der Waals surface area contributed by atoms with Crippen molar-refractivity contribution in [3.63, 3.8) is 0 Å². The molecule has 0 saturated carbocycles. The Labute approximate surface area is 129 Å². The third kappa shape index (κ3) is 6.38. The van der Waals surface area contributed by atoms with Crippen molar-refractivity contribution in [3.05, 3.63) is 40.8 Å². The summed E-state index contributed by atoms with van der Waals surface area (Å²) in [6.07, 6.45) is 5.58. The maximum absolute atomic E-state index is 11.4. The Morgan fingerprint density at radius 1 is 1.10 bits per heavy atom. The number of hydrogen-bond acceptors (Lipinski definition) is 3. The van der Waals surface area contributed by atoms with Gasteiger partial charge in [0.2, 0.25) is 0 Å². The van der Waals surface area contributed by atoms with Crippen LogP contribution in [0.15, 0.2) is 35.5 Å². The van der Waals surface area contributed by atoms with E-state index in [1.165, 1.54) is 0 Å². The fraction of sp³-hybridized carbons (Fsp3) is 0.667. The van der Waals surface area contributed by atoms with E-state index in [1.54, 1.807) is 0 Å². The monoisotopic (exact) mass is 291 g/mol. The lowest BCUT2D eigenvalue weighted by atomic mass is 9.85. The van der Waals surface area contributed by atoms with Crippen molar-refractivity contribution in [2.45, 2.75) is 65.0 Å². The van der Waals surface area contributed by atoms with Crippen LogP contribution in [0.4, 0.5) is 0 Å². The van der Waals surface area contributed by atoms with E-state index in [4.69, 9.17) is 4.74 Å². The number of nitroso groups, excluding NO2 is 1. The Hall–Kier alpha value is -1.22. The summed E-state index contributed by atoms with van der Waals surface area (Å²) in [7, 11) is 0. The van der Waals surface area contributed by atoms with Crippen LogP contribution in [-0.2, 0) is 4.74 Å². The van der Waals surface area contributed by atoms with Crippen LogP contribution < -0.4 is 0 Å². The number of unbranched alkanes of at least 4 members (excludes halogenated alkanes) is 1. The first-order chi connectivity index (χ1) is 10.2. The molecule has 3 heteroatoms. The Kier molecular flexibility index (Phi) is 8.91. The molecule has 3 nitrogen and oxygen atoms in total. The van der Waals surface area contributed by atoms with Gasteiger partial charge in [-0.05, 0) is 44.6 Å². The highest BCUT2D eigenvalue weighted by atomic mass is 16.5. The number of rotatable bonds is 11. The summed E-state index contributed by atoms with van der Waals surface area (Å²) in [4.78, 5) is 11.4. The summed E-state index contributed by atoms with van der Waals surface area (Å²) >= 11 is 0. The molecule has 21 heavy (non-hydrogen) atoms. The zero-order valence-electron chi connectivity index (χ0n) is 13.6. The van der Waals surface area contributed by atoms with Gasteiger partial charge in [0.15, 0.2) is 0 Å². The first kappa shape index (κ1) is 17.8. The molecule has 0 aliphatic carbocycles. The topological polar surface area (TPSA) is 38.7 Å². The van der Waals surface area contributed by atoms with Crippen molar-refractivity contribution in [2.75, 3.05) is 6.61 Å². The van der Waals surface area contributed by atoms with E-state index in [0.29, 0.717) is 5.92 Å². The molecular formula is C18H29NO2. The van der Waals surface area contributed by atoms with Crippen molar-refractivity contribution in [1.29, 1.82) is 0 Å². The Morgan fingerprint density at radius 3 is 2.38 bits per heavy atom. The molecule has 0 radical (unpaired) electrons. The van der Waals surface area contributed by atoms with Crippen LogP contribution in [0, 0.1) is 10.8 Å². The van der Waals surface area contributed by atoms with Gasteiger partial charge in [-0.15, -0.1) is 0 Å². The summed E-state index contributed by atoms with van der Waals surface area (Å²) in [6, 6.07) is 9.73. The zero-order valence-corrected chi connectivity index (χ0v) is 13.6. The second-order valence-corrected chi connectivity index (χ2v) is 5.71. The fourth-order valence-electron chi connectivity index (χ4n) is 2.81. The van der Waals surface area contributed by atoms with Crippen LogP contribution in [0.2, 0.25) is 0 Å². The van der Waals surface area contributed by atoms with Crippen LogP contribution in [0.3, 0.4) is 0 Å². The largest absolute Gasteiger partial charge is 0.379 e. The molecular weight excluding hydrogens is 262 g/mol. The van der Waals surface area contributed by atoms with Crippen molar-refractivity contribution in [2.24, 2.45) is 11.1 Å². The molecule has 1 rings (SSSR count). The molecule has 1 aromatic carbocycles. The van der Waals surface area contributed by atoms with Crippen molar-refractivity contribution in [1.82, 2.24) is 0 Å². The van der Waals surface area contributed by atoms with Gasteiger partial charge in [0.25, 0.3) is 0 Å². The van der Waals surface area contributed by atoms with Gasteiger partial charge in [-0.1, -0.05) is 55.3 Å². The normalized spacial score (nSPS) is 15.4. The average molecular weight is 291 g/mol. The summed E-state index contributed by atoms with van der Waals surface area (Å²) in [5.74, 6) is 0.313. The molecule has 0 spiro atoms. The average Bonchev–Trinajstić information content (AvgIpc) is 2.51. The van der Waals surface area contributed by atoms with Crippen LogP contribution >= 0.6 is 0 Å². The maximum atomic E-state index is 11.4. The quantitative estimate of drug-likeness (QED) is 0.504. The van der Waals surface area contributed by atoms with Gasteiger partial charge in [-0.25, -0.2) is 0 Å². The van der Waals surface area contributed by atoms with E-state index < -0.39 is 0 Å². The molecule has 3 atom stereocenters. The number of nitrogens with zero attached hydrogens (tertiary/aromatic N) is 1.